The second kappa shape index (κ2) is 4.85. The van der Waals surface area contributed by atoms with Crippen LogP contribution >= 0.6 is 11.6 Å². The molecule has 0 aliphatic rings. The Labute approximate surface area is 103 Å². The molecule has 1 atom stereocenters. The zero-order chi connectivity index (χ0) is 12.4. The summed E-state index contributed by atoms with van der Waals surface area (Å²) in [7, 11) is 1.81. The summed E-state index contributed by atoms with van der Waals surface area (Å²) < 4.78 is 15.2. The van der Waals surface area contributed by atoms with Gasteiger partial charge in [-0.3, -0.25) is 0 Å². The van der Waals surface area contributed by atoms with Crippen LogP contribution in [-0.2, 0) is 13.5 Å². The maximum Gasteiger partial charge on any atom is 0.126 e. The van der Waals surface area contributed by atoms with Crippen LogP contribution in [0, 0.1) is 5.82 Å². The minimum Gasteiger partial charge on any atom is -0.386 e. The van der Waals surface area contributed by atoms with Gasteiger partial charge in [0, 0.05) is 24.7 Å². The average molecular weight is 255 g/mol. The quantitative estimate of drug-likeness (QED) is 0.914. The molecule has 1 aromatic heterocycles. The van der Waals surface area contributed by atoms with Gasteiger partial charge in [-0.2, -0.15) is 0 Å². The van der Waals surface area contributed by atoms with Gasteiger partial charge in [0.05, 0.1) is 12.0 Å². The molecule has 1 heterocycles. The van der Waals surface area contributed by atoms with E-state index in [1.54, 1.807) is 17.1 Å². The first kappa shape index (κ1) is 12.1. The standard InChI is InChI=1S/C12H12ClFN2O/c1-16-6-11(15-7-16)12(17)5-8-4-9(13)2-3-10(8)14/h2-4,6-7,12,17H,5H2,1H3. The molecule has 0 radical (unpaired) electrons. The molecule has 1 unspecified atom stereocenters. The molecule has 3 nitrogen and oxygen atoms in total. The highest BCUT2D eigenvalue weighted by Gasteiger charge is 2.14. The van der Waals surface area contributed by atoms with E-state index in [1.165, 1.54) is 18.2 Å². The largest absolute Gasteiger partial charge is 0.386 e. The van der Waals surface area contributed by atoms with Crippen LogP contribution in [0.25, 0.3) is 0 Å². The third-order valence-corrected chi connectivity index (χ3v) is 2.72. The molecule has 0 spiro atoms. The van der Waals surface area contributed by atoms with E-state index in [2.05, 4.69) is 4.98 Å². The molecule has 0 aliphatic heterocycles. The Kier molecular flexibility index (Phi) is 3.45. The highest BCUT2D eigenvalue weighted by atomic mass is 35.5. The lowest BCUT2D eigenvalue weighted by Crippen LogP contribution is -2.04. The number of benzene rings is 1. The number of imidazole rings is 1. The molecule has 2 aromatic rings. The van der Waals surface area contributed by atoms with E-state index in [1.807, 2.05) is 7.05 Å². The zero-order valence-corrected chi connectivity index (χ0v) is 10.0. The van der Waals surface area contributed by atoms with Crippen LogP contribution in [-0.4, -0.2) is 14.7 Å². The van der Waals surface area contributed by atoms with Crippen molar-refractivity contribution in [2.75, 3.05) is 0 Å². The second-order valence-corrected chi connectivity index (χ2v) is 4.36. The molecule has 5 heteroatoms. The van der Waals surface area contributed by atoms with Gasteiger partial charge in [-0.1, -0.05) is 11.6 Å². The van der Waals surface area contributed by atoms with Gasteiger partial charge in [0.2, 0.25) is 0 Å². The number of halogens is 2. The Morgan fingerprint density at radius 1 is 1.53 bits per heavy atom. The first-order valence-electron chi connectivity index (χ1n) is 5.16. The maximum absolute atomic E-state index is 13.5. The number of hydrogen-bond donors (Lipinski definition) is 1. The summed E-state index contributed by atoms with van der Waals surface area (Å²) in [5.74, 6) is -0.371. The number of aromatic nitrogens is 2. The fraction of sp³-hybridized carbons (Fsp3) is 0.250. The van der Waals surface area contributed by atoms with E-state index < -0.39 is 6.10 Å². The van der Waals surface area contributed by atoms with Crippen LogP contribution in [0.5, 0.6) is 0 Å². The van der Waals surface area contributed by atoms with Gasteiger partial charge >= 0.3 is 0 Å². The monoisotopic (exact) mass is 254 g/mol. The molecule has 0 amide bonds. The summed E-state index contributed by atoms with van der Waals surface area (Å²) in [4.78, 5) is 4.02. The average Bonchev–Trinajstić information content (AvgIpc) is 2.70. The molecule has 17 heavy (non-hydrogen) atoms. The van der Waals surface area contributed by atoms with E-state index >= 15 is 0 Å². The van der Waals surface area contributed by atoms with Gasteiger partial charge in [0.15, 0.2) is 0 Å². The zero-order valence-electron chi connectivity index (χ0n) is 9.27. The van der Waals surface area contributed by atoms with Crippen LogP contribution in [0.3, 0.4) is 0 Å². The van der Waals surface area contributed by atoms with Crippen LogP contribution in [0.4, 0.5) is 4.39 Å². The molecule has 1 aromatic carbocycles. The molecule has 0 saturated carbocycles. The van der Waals surface area contributed by atoms with Crippen molar-refractivity contribution in [2.24, 2.45) is 7.05 Å². The molecule has 0 bridgehead atoms. The van der Waals surface area contributed by atoms with Crippen molar-refractivity contribution in [2.45, 2.75) is 12.5 Å². The van der Waals surface area contributed by atoms with Crippen LogP contribution in [0.15, 0.2) is 30.7 Å². The summed E-state index contributed by atoms with van der Waals surface area (Å²) >= 11 is 5.78. The Bertz CT molecular complexity index is 527. The van der Waals surface area contributed by atoms with Gasteiger partial charge in [-0.05, 0) is 23.8 Å². The fourth-order valence-corrected chi connectivity index (χ4v) is 1.81. The minimum absolute atomic E-state index is 0.156. The number of nitrogens with zero attached hydrogens (tertiary/aromatic N) is 2. The SMILES string of the molecule is Cn1cnc(C(O)Cc2cc(Cl)ccc2F)c1. The van der Waals surface area contributed by atoms with E-state index in [0.29, 0.717) is 16.3 Å². The predicted octanol–water partition coefficient (Wildman–Crippen LogP) is 2.49. The number of aliphatic hydroxyl groups excluding tert-OH is 1. The third kappa shape index (κ3) is 2.84. The van der Waals surface area contributed by atoms with Crippen molar-refractivity contribution in [3.63, 3.8) is 0 Å². The van der Waals surface area contributed by atoms with Gasteiger partial charge in [-0.15, -0.1) is 0 Å². The lowest BCUT2D eigenvalue weighted by Gasteiger charge is -2.09. The first-order valence-corrected chi connectivity index (χ1v) is 5.54. The molecule has 0 aliphatic carbocycles. The highest BCUT2D eigenvalue weighted by Crippen LogP contribution is 2.21. The molecule has 1 N–H and O–H groups in total. The number of hydrogen-bond acceptors (Lipinski definition) is 2. The maximum atomic E-state index is 13.5. The number of aliphatic hydroxyl groups is 1. The smallest absolute Gasteiger partial charge is 0.126 e. The molecule has 0 fully saturated rings. The van der Waals surface area contributed by atoms with E-state index in [0.717, 1.165) is 0 Å². The van der Waals surface area contributed by atoms with Gasteiger partial charge in [0.1, 0.15) is 11.9 Å². The Morgan fingerprint density at radius 3 is 2.94 bits per heavy atom. The minimum atomic E-state index is -0.829. The lowest BCUT2D eigenvalue weighted by molar-refractivity contribution is 0.172. The predicted molar refractivity (Wildman–Crippen MR) is 63.3 cm³/mol. The fourth-order valence-electron chi connectivity index (χ4n) is 1.62. The third-order valence-electron chi connectivity index (χ3n) is 2.49. The summed E-state index contributed by atoms with van der Waals surface area (Å²) in [6, 6.07) is 4.29. The normalized spacial score (nSPS) is 12.7. The van der Waals surface area contributed by atoms with Crippen molar-refractivity contribution in [1.29, 1.82) is 0 Å². The van der Waals surface area contributed by atoms with E-state index in [-0.39, 0.29) is 12.2 Å². The summed E-state index contributed by atoms with van der Waals surface area (Å²) in [6.07, 6.45) is 2.62. The van der Waals surface area contributed by atoms with Crippen molar-refractivity contribution in [3.8, 4) is 0 Å². The molecule has 90 valence electrons. The van der Waals surface area contributed by atoms with Crippen molar-refractivity contribution in [1.82, 2.24) is 9.55 Å². The van der Waals surface area contributed by atoms with Gasteiger partial charge in [0.25, 0.3) is 0 Å². The molecular weight excluding hydrogens is 243 g/mol. The molecule has 0 saturated heterocycles. The Morgan fingerprint density at radius 2 is 2.29 bits per heavy atom. The number of rotatable bonds is 3. The lowest BCUT2D eigenvalue weighted by atomic mass is 10.1. The van der Waals surface area contributed by atoms with Gasteiger partial charge < -0.3 is 9.67 Å². The summed E-state index contributed by atoms with van der Waals surface area (Å²) in [6.45, 7) is 0. The Balaban J connectivity index is 2.18. The number of aryl methyl sites for hydroxylation is 1. The first-order chi connectivity index (χ1) is 8.06. The summed E-state index contributed by atoms with van der Waals surface area (Å²) in [5.41, 5.74) is 0.905. The molecular formula is C12H12ClFN2O. The second-order valence-electron chi connectivity index (χ2n) is 3.92. The van der Waals surface area contributed by atoms with Crippen LogP contribution in [0.2, 0.25) is 5.02 Å². The molecule has 2 rings (SSSR count). The van der Waals surface area contributed by atoms with Crippen LogP contribution < -0.4 is 0 Å². The van der Waals surface area contributed by atoms with Gasteiger partial charge in [-0.25, -0.2) is 9.37 Å². The van der Waals surface area contributed by atoms with E-state index in [9.17, 15) is 9.50 Å². The van der Waals surface area contributed by atoms with Crippen molar-refractivity contribution >= 4 is 11.6 Å². The highest BCUT2D eigenvalue weighted by molar-refractivity contribution is 6.30. The summed E-state index contributed by atoms with van der Waals surface area (Å²) in [5, 5.41) is 10.4. The van der Waals surface area contributed by atoms with Crippen molar-refractivity contribution in [3.05, 3.63) is 52.8 Å². The Hall–Kier alpha value is -1.39. The topological polar surface area (TPSA) is 38.0 Å². The van der Waals surface area contributed by atoms with E-state index in [4.69, 9.17) is 11.6 Å². The van der Waals surface area contributed by atoms with Crippen molar-refractivity contribution < 1.29 is 9.50 Å². The van der Waals surface area contributed by atoms with Crippen LogP contribution in [0.1, 0.15) is 17.4 Å².